The quantitative estimate of drug-likeness (QED) is 0.594. The predicted octanol–water partition coefficient (Wildman–Crippen LogP) is 5.90. The number of benzene rings is 1. The fraction of sp³-hybridized carbons (Fsp3) is 0.474. The van der Waals surface area contributed by atoms with Crippen LogP contribution in [-0.4, -0.2) is 6.61 Å². The molecule has 0 bridgehead atoms. The Morgan fingerprint density at radius 2 is 2.00 bits per heavy atom. The third-order valence-corrected chi connectivity index (χ3v) is 4.08. The van der Waals surface area contributed by atoms with E-state index in [1.54, 1.807) is 13.0 Å². The normalized spacial score (nSPS) is 18.5. The Balaban J connectivity index is 2.10. The molecule has 0 fully saturated rings. The van der Waals surface area contributed by atoms with Gasteiger partial charge in [0.2, 0.25) is 5.82 Å². The fourth-order valence-electron chi connectivity index (χ4n) is 2.85. The molecule has 1 atom stereocenters. The molecule has 0 radical (unpaired) electrons. The smallest absolute Gasteiger partial charge is 0.201 e. The molecule has 0 saturated carbocycles. The molecule has 1 aromatic carbocycles. The zero-order valence-corrected chi connectivity index (χ0v) is 13.4. The Morgan fingerprint density at radius 3 is 2.64 bits per heavy atom. The monoisotopic (exact) mass is 306 g/mol. The lowest BCUT2D eigenvalue weighted by molar-refractivity contribution is 0.314. The van der Waals surface area contributed by atoms with E-state index in [1.807, 2.05) is 0 Å². The van der Waals surface area contributed by atoms with E-state index in [-0.39, 0.29) is 5.75 Å². The van der Waals surface area contributed by atoms with Crippen LogP contribution in [0.5, 0.6) is 5.75 Å². The Hall–Kier alpha value is -1.64. The molecule has 0 saturated heterocycles. The van der Waals surface area contributed by atoms with Crippen LogP contribution in [0.1, 0.15) is 51.5 Å². The molecule has 1 nitrogen and oxygen atoms in total. The highest BCUT2D eigenvalue weighted by molar-refractivity contribution is 5.67. The third kappa shape index (κ3) is 3.96. The molecule has 2 rings (SSSR count). The minimum Gasteiger partial charge on any atom is -0.491 e. The van der Waals surface area contributed by atoms with Gasteiger partial charge in [0, 0.05) is 5.56 Å². The first-order valence-electron chi connectivity index (χ1n) is 8.12. The lowest BCUT2D eigenvalue weighted by Gasteiger charge is -2.21. The van der Waals surface area contributed by atoms with Gasteiger partial charge in [-0.15, -0.1) is 0 Å². The summed E-state index contributed by atoms with van der Waals surface area (Å²) in [6, 6.07) is 3.15. The zero-order chi connectivity index (χ0) is 15.9. The van der Waals surface area contributed by atoms with Gasteiger partial charge < -0.3 is 4.74 Å². The van der Waals surface area contributed by atoms with Gasteiger partial charge in [-0.2, -0.15) is 4.39 Å². The van der Waals surface area contributed by atoms with Crippen molar-refractivity contribution < 1.29 is 13.5 Å². The number of hydrogen-bond donors (Lipinski definition) is 0. The van der Waals surface area contributed by atoms with Gasteiger partial charge in [-0.1, -0.05) is 25.2 Å². The van der Waals surface area contributed by atoms with Crippen molar-refractivity contribution in [3.05, 3.63) is 47.6 Å². The maximum Gasteiger partial charge on any atom is 0.201 e. The molecule has 0 N–H and O–H groups in total. The van der Waals surface area contributed by atoms with Crippen LogP contribution in [0.2, 0.25) is 0 Å². The van der Waals surface area contributed by atoms with Gasteiger partial charge >= 0.3 is 0 Å². The van der Waals surface area contributed by atoms with E-state index in [4.69, 9.17) is 4.74 Å². The maximum atomic E-state index is 14.2. The Labute approximate surface area is 131 Å². The standard InChI is InChI=1S/C19H24F2O/c1-3-5-6-7-14-8-10-15(11-9-14)16-12-13-17(22-4-2)19(21)18(16)20/h5-6,10,12-14H,3-4,7-9,11H2,1-2H3/b6-5-. The van der Waals surface area contributed by atoms with Crippen molar-refractivity contribution >= 4 is 5.57 Å². The summed E-state index contributed by atoms with van der Waals surface area (Å²) in [4.78, 5) is 0. The molecule has 1 aliphatic rings. The van der Waals surface area contributed by atoms with E-state index in [1.165, 1.54) is 6.07 Å². The van der Waals surface area contributed by atoms with Crippen LogP contribution >= 0.6 is 0 Å². The second-order valence-electron chi connectivity index (χ2n) is 5.66. The summed E-state index contributed by atoms with van der Waals surface area (Å²) in [6.07, 6.45) is 11.3. The van der Waals surface area contributed by atoms with Crippen molar-refractivity contribution in [2.45, 2.75) is 46.0 Å². The van der Waals surface area contributed by atoms with Gasteiger partial charge in [0.1, 0.15) is 0 Å². The topological polar surface area (TPSA) is 9.23 Å². The molecule has 1 unspecified atom stereocenters. The molecular formula is C19H24F2O. The van der Waals surface area contributed by atoms with Crippen molar-refractivity contribution in [3.8, 4) is 5.75 Å². The summed E-state index contributed by atoms with van der Waals surface area (Å²) in [5, 5.41) is 0. The Bertz CT molecular complexity index is 561. The average Bonchev–Trinajstić information content (AvgIpc) is 2.53. The molecule has 22 heavy (non-hydrogen) atoms. The summed E-state index contributed by atoms with van der Waals surface area (Å²) in [5.41, 5.74) is 1.29. The van der Waals surface area contributed by atoms with E-state index >= 15 is 0 Å². The summed E-state index contributed by atoms with van der Waals surface area (Å²) in [7, 11) is 0. The third-order valence-electron chi connectivity index (χ3n) is 4.08. The van der Waals surface area contributed by atoms with Crippen LogP contribution in [0.25, 0.3) is 5.57 Å². The lowest BCUT2D eigenvalue weighted by Crippen LogP contribution is -2.06. The second kappa shape index (κ2) is 8.11. The fourth-order valence-corrected chi connectivity index (χ4v) is 2.85. The maximum absolute atomic E-state index is 14.2. The summed E-state index contributed by atoms with van der Waals surface area (Å²) in [6.45, 7) is 4.20. The summed E-state index contributed by atoms with van der Waals surface area (Å²) < 4.78 is 33.2. The van der Waals surface area contributed by atoms with Gasteiger partial charge in [0.05, 0.1) is 6.61 Å². The largest absolute Gasteiger partial charge is 0.491 e. The zero-order valence-electron chi connectivity index (χ0n) is 13.4. The Morgan fingerprint density at radius 1 is 1.18 bits per heavy atom. The molecule has 120 valence electrons. The number of ether oxygens (including phenoxy) is 1. The molecule has 1 aliphatic carbocycles. The molecule has 1 aromatic rings. The number of rotatable bonds is 6. The number of allylic oxidation sites excluding steroid dienone is 4. The minimum atomic E-state index is -0.881. The molecular weight excluding hydrogens is 282 g/mol. The molecule has 3 heteroatoms. The minimum absolute atomic E-state index is 0.0114. The van der Waals surface area contributed by atoms with Crippen molar-refractivity contribution in [1.29, 1.82) is 0 Å². The number of hydrogen-bond acceptors (Lipinski definition) is 1. The van der Waals surface area contributed by atoms with Crippen LogP contribution in [-0.2, 0) is 0 Å². The van der Waals surface area contributed by atoms with Crippen molar-refractivity contribution in [2.75, 3.05) is 6.61 Å². The van der Waals surface area contributed by atoms with Gasteiger partial charge in [0.25, 0.3) is 0 Å². The molecule has 0 amide bonds. The lowest BCUT2D eigenvalue weighted by atomic mass is 9.84. The first-order valence-corrected chi connectivity index (χ1v) is 8.12. The van der Waals surface area contributed by atoms with Crippen LogP contribution in [0, 0.1) is 17.6 Å². The second-order valence-corrected chi connectivity index (χ2v) is 5.66. The van der Waals surface area contributed by atoms with Crippen LogP contribution < -0.4 is 4.74 Å². The van der Waals surface area contributed by atoms with Gasteiger partial charge in [-0.05, 0) is 62.7 Å². The van der Waals surface area contributed by atoms with Crippen molar-refractivity contribution in [2.24, 2.45) is 5.92 Å². The Kier molecular flexibility index (Phi) is 6.17. The highest BCUT2D eigenvalue weighted by Gasteiger charge is 2.20. The molecule has 0 spiro atoms. The summed E-state index contributed by atoms with van der Waals surface area (Å²) in [5.74, 6) is -1.07. The first kappa shape index (κ1) is 16.7. The van der Waals surface area contributed by atoms with E-state index in [2.05, 4.69) is 25.2 Å². The SMILES string of the molecule is CC/C=C\CC1CC=C(c2ccc(OCC)c(F)c2F)CC1. The van der Waals surface area contributed by atoms with E-state index in [9.17, 15) is 8.78 Å². The van der Waals surface area contributed by atoms with E-state index in [0.29, 0.717) is 18.1 Å². The number of halogens is 2. The average molecular weight is 306 g/mol. The van der Waals surface area contributed by atoms with Gasteiger partial charge in [0.15, 0.2) is 11.6 Å². The highest BCUT2D eigenvalue weighted by Crippen LogP contribution is 2.35. The molecule has 0 aliphatic heterocycles. The van der Waals surface area contributed by atoms with Crippen LogP contribution in [0.15, 0.2) is 30.4 Å². The van der Waals surface area contributed by atoms with Gasteiger partial charge in [-0.25, -0.2) is 4.39 Å². The first-order chi connectivity index (χ1) is 10.7. The van der Waals surface area contributed by atoms with Crippen molar-refractivity contribution in [1.82, 2.24) is 0 Å². The molecule has 0 heterocycles. The van der Waals surface area contributed by atoms with E-state index in [0.717, 1.165) is 37.7 Å². The van der Waals surface area contributed by atoms with Gasteiger partial charge in [-0.3, -0.25) is 0 Å². The van der Waals surface area contributed by atoms with Crippen LogP contribution in [0.3, 0.4) is 0 Å². The van der Waals surface area contributed by atoms with Crippen LogP contribution in [0.4, 0.5) is 8.78 Å². The summed E-state index contributed by atoms with van der Waals surface area (Å²) >= 11 is 0. The predicted molar refractivity (Wildman–Crippen MR) is 86.9 cm³/mol. The highest BCUT2D eigenvalue weighted by atomic mass is 19.2. The van der Waals surface area contributed by atoms with E-state index < -0.39 is 11.6 Å². The van der Waals surface area contributed by atoms with Crippen molar-refractivity contribution in [3.63, 3.8) is 0 Å². The molecule has 0 aromatic heterocycles.